The first-order valence-electron chi connectivity index (χ1n) is 5.79. The Labute approximate surface area is 113 Å². The smallest absolute Gasteiger partial charge is 0.355 e. The van der Waals surface area contributed by atoms with E-state index >= 15 is 0 Å². The quantitative estimate of drug-likeness (QED) is 0.795. The van der Waals surface area contributed by atoms with Crippen molar-refractivity contribution < 1.29 is 13.2 Å². The van der Waals surface area contributed by atoms with Crippen LogP contribution < -0.4 is 4.90 Å². The van der Waals surface area contributed by atoms with Crippen LogP contribution in [0.15, 0.2) is 12.3 Å². The summed E-state index contributed by atoms with van der Waals surface area (Å²) >= 11 is 5.97. The molecule has 2 heterocycles. The number of hydrogen-bond acceptors (Lipinski definition) is 3. The highest BCUT2D eigenvalue weighted by Gasteiger charge is 2.42. The van der Waals surface area contributed by atoms with E-state index in [9.17, 15) is 13.2 Å². The molecule has 102 valence electrons. The fourth-order valence-electron chi connectivity index (χ4n) is 2.16. The Morgan fingerprint density at radius 3 is 2.79 bits per heavy atom. The number of piperidine rings is 1. The van der Waals surface area contributed by atoms with E-state index in [-0.39, 0.29) is 23.6 Å². The van der Waals surface area contributed by atoms with E-state index in [4.69, 9.17) is 16.9 Å². The second kappa shape index (κ2) is 5.25. The minimum absolute atomic E-state index is 0.133. The summed E-state index contributed by atoms with van der Waals surface area (Å²) in [6.45, 7) is 0.354. The molecular formula is C12H11ClF3N3. The molecule has 0 bridgehead atoms. The zero-order valence-corrected chi connectivity index (χ0v) is 10.7. The number of hydrogen-bond donors (Lipinski definition) is 0. The van der Waals surface area contributed by atoms with Crippen LogP contribution in [0.2, 0.25) is 5.02 Å². The number of halogens is 4. The van der Waals surface area contributed by atoms with Crippen molar-refractivity contribution >= 4 is 17.4 Å². The average molecular weight is 290 g/mol. The zero-order valence-electron chi connectivity index (χ0n) is 9.91. The predicted molar refractivity (Wildman–Crippen MR) is 65.0 cm³/mol. The van der Waals surface area contributed by atoms with Crippen molar-refractivity contribution in [2.24, 2.45) is 5.92 Å². The maximum Gasteiger partial charge on any atom is 0.393 e. The molecule has 1 aromatic heterocycles. The Morgan fingerprint density at radius 1 is 1.47 bits per heavy atom. The molecule has 2 rings (SSSR count). The van der Waals surface area contributed by atoms with E-state index in [1.807, 2.05) is 6.07 Å². The number of alkyl halides is 3. The molecule has 1 atom stereocenters. The summed E-state index contributed by atoms with van der Waals surface area (Å²) in [5.41, 5.74) is 0.290. The lowest BCUT2D eigenvalue weighted by Crippen LogP contribution is -2.42. The van der Waals surface area contributed by atoms with Gasteiger partial charge in [-0.2, -0.15) is 18.4 Å². The maximum atomic E-state index is 12.7. The summed E-state index contributed by atoms with van der Waals surface area (Å²) in [7, 11) is 0. The summed E-state index contributed by atoms with van der Waals surface area (Å²) in [6, 6.07) is 3.30. The third-order valence-electron chi connectivity index (χ3n) is 3.13. The summed E-state index contributed by atoms with van der Waals surface area (Å²) in [4.78, 5) is 5.53. The molecule has 0 spiro atoms. The zero-order chi connectivity index (χ0) is 14.0. The molecule has 1 aliphatic heterocycles. The van der Waals surface area contributed by atoms with Gasteiger partial charge in [0.1, 0.15) is 11.9 Å². The van der Waals surface area contributed by atoms with Gasteiger partial charge >= 0.3 is 6.18 Å². The Bertz CT molecular complexity index is 510. The van der Waals surface area contributed by atoms with E-state index in [0.717, 1.165) is 0 Å². The highest BCUT2D eigenvalue weighted by Crippen LogP contribution is 2.35. The van der Waals surface area contributed by atoms with Gasteiger partial charge in [0.15, 0.2) is 0 Å². The first-order valence-corrected chi connectivity index (χ1v) is 6.17. The number of pyridine rings is 1. The lowest BCUT2D eigenvalue weighted by atomic mass is 9.97. The lowest BCUT2D eigenvalue weighted by molar-refractivity contribution is -0.176. The van der Waals surface area contributed by atoms with Crippen LogP contribution in [0.5, 0.6) is 0 Å². The Hall–Kier alpha value is -1.48. The molecule has 7 heteroatoms. The minimum Gasteiger partial charge on any atom is -0.355 e. The molecule has 0 aliphatic carbocycles. The molecule has 1 aliphatic rings. The molecule has 0 saturated carbocycles. The Kier molecular flexibility index (Phi) is 3.85. The van der Waals surface area contributed by atoms with Crippen molar-refractivity contribution in [1.82, 2.24) is 4.98 Å². The summed E-state index contributed by atoms with van der Waals surface area (Å²) in [5, 5.41) is 8.91. The van der Waals surface area contributed by atoms with Crippen LogP contribution >= 0.6 is 11.6 Å². The maximum absolute atomic E-state index is 12.7. The van der Waals surface area contributed by atoms with Crippen molar-refractivity contribution in [1.29, 1.82) is 5.26 Å². The van der Waals surface area contributed by atoms with Gasteiger partial charge in [-0.15, -0.1) is 0 Å². The molecular weight excluding hydrogens is 279 g/mol. The van der Waals surface area contributed by atoms with Crippen molar-refractivity contribution in [2.45, 2.75) is 19.0 Å². The molecule has 1 fully saturated rings. The highest BCUT2D eigenvalue weighted by atomic mass is 35.5. The number of aromatic nitrogens is 1. The number of nitriles is 1. The first-order chi connectivity index (χ1) is 8.91. The Morgan fingerprint density at radius 2 is 2.21 bits per heavy atom. The van der Waals surface area contributed by atoms with Gasteiger partial charge < -0.3 is 4.90 Å². The first kappa shape index (κ1) is 13.9. The molecule has 1 aromatic rings. The van der Waals surface area contributed by atoms with Gasteiger partial charge in [0, 0.05) is 19.3 Å². The number of nitrogens with zero attached hydrogens (tertiary/aromatic N) is 3. The van der Waals surface area contributed by atoms with Crippen LogP contribution in [0.1, 0.15) is 18.4 Å². The van der Waals surface area contributed by atoms with Crippen LogP contribution in [0, 0.1) is 17.2 Å². The van der Waals surface area contributed by atoms with Crippen molar-refractivity contribution in [3.05, 3.63) is 22.8 Å². The van der Waals surface area contributed by atoms with E-state index < -0.39 is 12.1 Å². The summed E-state index contributed by atoms with van der Waals surface area (Å²) < 4.78 is 38.2. The molecule has 0 N–H and O–H groups in total. The van der Waals surface area contributed by atoms with Gasteiger partial charge in [0.05, 0.1) is 16.5 Å². The fourth-order valence-corrected chi connectivity index (χ4v) is 2.45. The lowest BCUT2D eigenvalue weighted by Gasteiger charge is -2.34. The normalized spacial score (nSPS) is 20.2. The number of rotatable bonds is 1. The summed E-state index contributed by atoms with van der Waals surface area (Å²) in [5.74, 6) is -1.04. The van der Waals surface area contributed by atoms with Gasteiger partial charge in [-0.05, 0) is 18.9 Å². The SMILES string of the molecule is N#Cc1cnc(N2CCC[C@@H](C(F)(F)F)C2)c(Cl)c1. The molecule has 0 unspecified atom stereocenters. The second-order valence-corrected chi connectivity index (χ2v) is 4.88. The van der Waals surface area contributed by atoms with Crippen molar-refractivity contribution in [3.8, 4) is 6.07 Å². The van der Waals surface area contributed by atoms with E-state index in [1.165, 1.54) is 17.2 Å². The molecule has 0 aromatic carbocycles. The molecule has 3 nitrogen and oxygen atoms in total. The van der Waals surface area contributed by atoms with Crippen LogP contribution in [-0.4, -0.2) is 24.2 Å². The summed E-state index contributed by atoms with van der Waals surface area (Å²) in [6.07, 6.45) is -2.30. The Balaban J connectivity index is 2.20. The topological polar surface area (TPSA) is 39.9 Å². The van der Waals surface area contributed by atoms with Crippen LogP contribution in [0.25, 0.3) is 0 Å². The third kappa shape index (κ3) is 3.10. The van der Waals surface area contributed by atoms with Crippen molar-refractivity contribution in [2.75, 3.05) is 18.0 Å². The largest absolute Gasteiger partial charge is 0.393 e. The van der Waals surface area contributed by atoms with Gasteiger partial charge in [-0.25, -0.2) is 4.98 Å². The van der Waals surface area contributed by atoms with Crippen LogP contribution in [0.4, 0.5) is 19.0 Å². The molecule has 0 amide bonds. The van der Waals surface area contributed by atoms with E-state index in [2.05, 4.69) is 4.98 Å². The molecule has 19 heavy (non-hydrogen) atoms. The monoisotopic (exact) mass is 289 g/mol. The van der Waals surface area contributed by atoms with Gasteiger partial charge in [0.2, 0.25) is 0 Å². The van der Waals surface area contributed by atoms with Crippen LogP contribution in [0.3, 0.4) is 0 Å². The standard InChI is InChI=1S/C12H11ClF3N3/c13-10-4-8(5-17)6-18-11(10)19-3-1-2-9(7-19)12(14,15)16/h4,6,9H,1-3,7H2/t9-/m1/s1. The third-order valence-corrected chi connectivity index (χ3v) is 3.41. The molecule has 0 radical (unpaired) electrons. The van der Waals surface area contributed by atoms with E-state index in [0.29, 0.717) is 18.8 Å². The van der Waals surface area contributed by atoms with E-state index in [1.54, 1.807) is 0 Å². The fraction of sp³-hybridized carbons (Fsp3) is 0.500. The van der Waals surface area contributed by atoms with Gasteiger partial charge in [-0.3, -0.25) is 0 Å². The predicted octanol–water partition coefficient (Wildman–Crippen LogP) is 3.39. The van der Waals surface area contributed by atoms with Gasteiger partial charge in [0.25, 0.3) is 0 Å². The number of anilines is 1. The minimum atomic E-state index is -4.20. The van der Waals surface area contributed by atoms with Crippen molar-refractivity contribution in [3.63, 3.8) is 0 Å². The second-order valence-electron chi connectivity index (χ2n) is 4.47. The molecule has 1 saturated heterocycles. The van der Waals surface area contributed by atoms with Crippen LogP contribution in [-0.2, 0) is 0 Å². The average Bonchev–Trinajstić information content (AvgIpc) is 2.37. The van der Waals surface area contributed by atoms with Gasteiger partial charge in [-0.1, -0.05) is 11.6 Å². The highest BCUT2D eigenvalue weighted by molar-refractivity contribution is 6.33.